The molecule has 0 aliphatic carbocycles. The van der Waals surface area contributed by atoms with Crippen LogP contribution in [0, 0.1) is 0 Å². The lowest BCUT2D eigenvalue weighted by molar-refractivity contribution is -0.130. The molecule has 2 aromatic carbocycles. The van der Waals surface area contributed by atoms with Gasteiger partial charge in [0, 0.05) is 19.7 Å². The summed E-state index contributed by atoms with van der Waals surface area (Å²) in [5, 5.41) is 0. The van der Waals surface area contributed by atoms with Crippen LogP contribution in [0.3, 0.4) is 0 Å². The van der Waals surface area contributed by atoms with Crippen LogP contribution in [-0.2, 0) is 4.79 Å². The van der Waals surface area contributed by atoms with Crippen molar-refractivity contribution in [1.82, 2.24) is 4.90 Å². The second-order valence-electron chi connectivity index (χ2n) is 5.97. The molecule has 0 saturated carbocycles. The van der Waals surface area contributed by atoms with E-state index in [1.807, 2.05) is 24.3 Å². The summed E-state index contributed by atoms with van der Waals surface area (Å²) >= 11 is 0. The van der Waals surface area contributed by atoms with Crippen LogP contribution >= 0.6 is 0 Å². The molecule has 1 amide bonds. The SMILES string of the molecule is C=CCOc1ccc(C=CC(=O)c2ccc(OCC(=O)N(C)C)cc2)cc1. The predicted molar refractivity (Wildman–Crippen MR) is 106 cm³/mol. The van der Waals surface area contributed by atoms with Crippen molar-refractivity contribution in [2.24, 2.45) is 0 Å². The van der Waals surface area contributed by atoms with Gasteiger partial charge in [0.2, 0.25) is 0 Å². The minimum atomic E-state index is -0.126. The molecule has 140 valence electrons. The summed E-state index contributed by atoms with van der Waals surface area (Å²) < 4.78 is 10.8. The van der Waals surface area contributed by atoms with E-state index in [-0.39, 0.29) is 18.3 Å². The van der Waals surface area contributed by atoms with E-state index in [4.69, 9.17) is 9.47 Å². The fourth-order valence-electron chi connectivity index (χ4n) is 2.09. The number of hydrogen-bond acceptors (Lipinski definition) is 4. The number of hydrogen-bond donors (Lipinski definition) is 0. The average Bonchev–Trinajstić information content (AvgIpc) is 2.69. The van der Waals surface area contributed by atoms with E-state index in [9.17, 15) is 9.59 Å². The Bertz CT molecular complexity index is 805. The van der Waals surface area contributed by atoms with Crippen molar-refractivity contribution in [1.29, 1.82) is 0 Å². The van der Waals surface area contributed by atoms with Gasteiger partial charge in [-0.2, -0.15) is 0 Å². The molecule has 0 saturated heterocycles. The Labute approximate surface area is 159 Å². The number of amides is 1. The van der Waals surface area contributed by atoms with Crippen LogP contribution in [0.4, 0.5) is 0 Å². The summed E-state index contributed by atoms with van der Waals surface area (Å²) in [6.07, 6.45) is 4.95. The highest BCUT2D eigenvalue weighted by Gasteiger charge is 2.06. The number of nitrogens with zero attached hydrogens (tertiary/aromatic N) is 1. The van der Waals surface area contributed by atoms with E-state index in [0.29, 0.717) is 17.9 Å². The molecule has 2 aromatic rings. The zero-order chi connectivity index (χ0) is 19.6. The molecule has 0 N–H and O–H groups in total. The molecule has 2 rings (SSSR count). The number of likely N-dealkylation sites (N-methyl/N-ethyl adjacent to an activating group) is 1. The van der Waals surface area contributed by atoms with E-state index >= 15 is 0 Å². The Morgan fingerprint density at radius 3 is 2.15 bits per heavy atom. The van der Waals surface area contributed by atoms with Gasteiger partial charge in [-0.1, -0.05) is 30.9 Å². The summed E-state index contributed by atoms with van der Waals surface area (Å²) in [5.74, 6) is 1.06. The number of carbonyl (C=O) groups excluding carboxylic acids is 2. The number of ketones is 1. The van der Waals surface area contributed by atoms with Gasteiger partial charge in [-0.05, 0) is 48.0 Å². The largest absolute Gasteiger partial charge is 0.490 e. The highest BCUT2D eigenvalue weighted by atomic mass is 16.5. The minimum Gasteiger partial charge on any atom is -0.490 e. The molecule has 0 spiro atoms. The van der Waals surface area contributed by atoms with Crippen LogP contribution in [0.1, 0.15) is 15.9 Å². The lowest BCUT2D eigenvalue weighted by atomic mass is 10.1. The topological polar surface area (TPSA) is 55.8 Å². The van der Waals surface area contributed by atoms with E-state index in [1.54, 1.807) is 50.5 Å². The predicted octanol–water partition coefficient (Wildman–Crippen LogP) is 3.61. The molecule has 0 heterocycles. The first kappa shape index (κ1) is 20.0. The molecule has 0 aliphatic heterocycles. The highest BCUT2D eigenvalue weighted by Crippen LogP contribution is 2.15. The van der Waals surface area contributed by atoms with Gasteiger partial charge in [-0.3, -0.25) is 9.59 Å². The van der Waals surface area contributed by atoms with Gasteiger partial charge in [0.05, 0.1) is 0 Å². The van der Waals surface area contributed by atoms with E-state index in [0.717, 1.165) is 11.3 Å². The minimum absolute atomic E-state index is 0.0350. The molecule has 5 heteroatoms. The van der Waals surface area contributed by atoms with Gasteiger partial charge >= 0.3 is 0 Å². The highest BCUT2D eigenvalue weighted by molar-refractivity contribution is 6.06. The summed E-state index contributed by atoms with van der Waals surface area (Å²) in [6, 6.07) is 14.1. The third-order valence-electron chi connectivity index (χ3n) is 3.68. The van der Waals surface area contributed by atoms with Crippen LogP contribution in [-0.4, -0.2) is 43.9 Å². The number of allylic oxidation sites excluding steroid dienone is 1. The Kier molecular flexibility index (Phi) is 7.37. The maximum atomic E-state index is 12.3. The lowest BCUT2D eigenvalue weighted by Gasteiger charge is -2.11. The Morgan fingerprint density at radius 2 is 1.56 bits per heavy atom. The number of ether oxygens (including phenoxy) is 2. The maximum Gasteiger partial charge on any atom is 0.259 e. The maximum absolute atomic E-state index is 12.3. The second-order valence-corrected chi connectivity index (χ2v) is 5.97. The van der Waals surface area contributed by atoms with Crippen molar-refractivity contribution >= 4 is 17.8 Å². The lowest BCUT2D eigenvalue weighted by Crippen LogP contribution is -2.27. The van der Waals surface area contributed by atoms with E-state index in [2.05, 4.69) is 6.58 Å². The smallest absolute Gasteiger partial charge is 0.259 e. The van der Waals surface area contributed by atoms with Crippen LogP contribution in [0.25, 0.3) is 6.08 Å². The fourth-order valence-corrected chi connectivity index (χ4v) is 2.09. The van der Waals surface area contributed by atoms with E-state index < -0.39 is 0 Å². The summed E-state index contributed by atoms with van der Waals surface area (Å²) in [6.45, 7) is 4.02. The van der Waals surface area contributed by atoms with Crippen molar-refractivity contribution < 1.29 is 19.1 Å². The van der Waals surface area contributed by atoms with Gasteiger partial charge in [0.15, 0.2) is 12.4 Å². The van der Waals surface area contributed by atoms with Crippen molar-refractivity contribution in [2.75, 3.05) is 27.3 Å². The first-order valence-electron chi connectivity index (χ1n) is 8.49. The first-order chi connectivity index (χ1) is 13.0. The summed E-state index contributed by atoms with van der Waals surface area (Å²) in [4.78, 5) is 25.2. The number of benzene rings is 2. The van der Waals surface area contributed by atoms with Crippen LogP contribution in [0.5, 0.6) is 11.5 Å². The Hall–Kier alpha value is -3.34. The van der Waals surface area contributed by atoms with Gasteiger partial charge in [-0.15, -0.1) is 0 Å². The van der Waals surface area contributed by atoms with Crippen molar-refractivity contribution in [2.45, 2.75) is 0 Å². The fraction of sp³-hybridized carbons (Fsp3) is 0.182. The quantitative estimate of drug-likeness (QED) is 0.387. The zero-order valence-electron chi connectivity index (χ0n) is 15.6. The number of rotatable bonds is 9. The van der Waals surface area contributed by atoms with Gasteiger partial charge in [0.25, 0.3) is 5.91 Å². The van der Waals surface area contributed by atoms with Crippen LogP contribution in [0.15, 0.2) is 67.3 Å². The molecule has 0 fully saturated rings. The van der Waals surface area contributed by atoms with Crippen molar-refractivity contribution in [3.05, 3.63) is 78.4 Å². The second kappa shape index (κ2) is 9.97. The van der Waals surface area contributed by atoms with Gasteiger partial charge in [-0.25, -0.2) is 0 Å². The molecule has 5 nitrogen and oxygen atoms in total. The number of carbonyl (C=O) groups is 2. The molecular formula is C22H23NO4. The molecule has 0 atom stereocenters. The standard InChI is InChI=1S/C22H23NO4/c1-4-15-26-19-10-5-17(6-11-19)7-14-21(24)18-8-12-20(13-9-18)27-16-22(25)23(2)3/h4-14H,1,15-16H2,2-3H3. The van der Waals surface area contributed by atoms with Crippen LogP contribution in [0.2, 0.25) is 0 Å². The van der Waals surface area contributed by atoms with Crippen LogP contribution < -0.4 is 9.47 Å². The Balaban J connectivity index is 1.92. The first-order valence-corrected chi connectivity index (χ1v) is 8.49. The normalized spacial score (nSPS) is 10.4. The van der Waals surface area contributed by atoms with Crippen molar-refractivity contribution in [3.8, 4) is 11.5 Å². The van der Waals surface area contributed by atoms with Gasteiger partial charge < -0.3 is 14.4 Å². The zero-order valence-corrected chi connectivity index (χ0v) is 15.6. The summed E-state index contributed by atoms with van der Waals surface area (Å²) in [7, 11) is 3.34. The van der Waals surface area contributed by atoms with Gasteiger partial charge in [0.1, 0.15) is 18.1 Å². The summed E-state index contributed by atoms with van der Waals surface area (Å²) in [5.41, 5.74) is 1.44. The molecule has 0 radical (unpaired) electrons. The molecule has 0 aromatic heterocycles. The third kappa shape index (κ3) is 6.47. The molecule has 0 aliphatic rings. The average molecular weight is 365 g/mol. The molecular weight excluding hydrogens is 342 g/mol. The molecule has 27 heavy (non-hydrogen) atoms. The molecule has 0 unspecified atom stereocenters. The monoisotopic (exact) mass is 365 g/mol. The third-order valence-corrected chi connectivity index (χ3v) is 3.68. The van der Waals surface area contributed by atoms with Crippen molar-refractivity contribution in [3.63, 3.8) is 0 Å². The van der Waals surface area contributed by atoms with E-state index in [1.165, 1.54) is 11.0 Å². The molecule has 0 bridgehead atoms. The Morgan fingerprint density at radius 1 is 0.963 bits per heavy atom.